The third-order valence-electron chi connectivity index (χ3n) is 5.09. The van der Waals surface area contributed by atoms with E-state index in [4.69, 9.17) is 9.47 Å². The van der Waals surface area contributed by atoms with Crippen molar-refractivity contribution in [3.63, 3.8) is 0 Å². The topological polar surface area (TPSA) is 76.7 Å². The van der Waals surface area contributed by atoms with Crippen molar-refractivity contribution < 1.29 is 19.1 Å². The lowest BCUT2D eigenvalue weighted by Gasteiger charge is -2.29. The summed E-state index contributed by atoms with van der Waals surface area (Å²) in [6.07, 6.45) is 0. The number of hydrogen-bond donors (Lipinski definition) is 2. The second-order valence-corrected chi connectivity index (χ2v) is 7.25. The second-order valence-electron chi connectivity index (χ2n) is 7.25. The van der Waals surface area contributed by atoms with E-state index in [2.05, 4.69) is 10.6 Å². The third-order valence-corrected chi connectivity index (χ3v) is 5.09. The highest BCUT2D eigenvalue weighted by Gasteiger charge is 2.34. The molecule has 0 saturated carbocycles. The van der Waals surface area contributed by atoms with Gasteiger partial charge in [0.15, 0.2) is 0 Å². The molecule has 4 rings (SSSR count). The molecule has 0 radical (unpaired) electrons. The first-order chi connectivity index (χ1) is 15.7. The van der Waals surface area contributed by atoms with Crippen LogP contribution in [-0.2, 0) is 16.1 Å². The van der Waals surface area contributed by atoms with Gasteiger partial charge in [-0.15, -0.1) is 0 Å². The molecular weight excluding hydrogens is 404 g/mol. The third kappa shape index (κ3) is 4.81. The number of amides is 2. The maximum Gasteiger partial charge on any atom is 0.338 e. The smallest absolute Gasteiger partial charge is 0.338 e. The molecule has 2 amide bonds. The molecule has 3 aromatic rings. The van der Waals surface area contributed by atoms with Crippen LogP contribution in [0.4, 0.5) is 4.79 Å². The maximum atomic E-state index is 12.9. The first-order valence-electron chi connectivity index (χ1n) is 10.5. The molecule has 0 fully saturated rings. The summed E-state index contributed by atoms with van der Waals surface area (Å²) >= 11 is 0. The number of carbonyl (C=O) groups excluding carboxylic acids is 2. The summed E-state index contributed by atoms with van der Waals surface area (Å²) in [6.45, 7) is 2.44. The van der Waals surface area contributed by atoms with Crippen LogP contribution in [0.1, 0.15) is 29.7 Å². The molecule has 3 aromatic carbocycles. The van der Waals surface area contributed by atoms with Gasteiger partial charge in [0.25, 0.3) is 0 Å². The SMILES string of the molecule is CCOC(=O)C1=C(c2ccccc2)NC(=O)N[C@H]1c1ccc(OCc2ccccc2)cc1. The number of esters is 1. The van der Waals surface area contributed by atoms with Crippen molar-refractivity contribution in [2.45, 2.75) is 19.6 Å². The molecular formula is C26H24N2O4. The average Bonchev–Trinajstić information content (AvgIpc) is 2.84. The predicted octanol–water partition coefficient (Wildman–Crippen LogP) is 4.59. The van der Waals surface area contributed by atoms with Crippen LogP contribution in [0.15, 0.2) is 90.5 Å². The molecule has 162 valence electrons. The first kappa shape index (κ1) is 21.2. The molecule has 1 atom stereocenters. The summed E-state index contributed by atoms with van der Waals surface area (Å²) in [4.78, 5) is 25.4. The van der Waals surface area contributed by atoms with Crippen LogP contribution in [0, 0.1) is 0 Å². The van der Waals surface area contributed by atoms with Crippen molar-refractivity contribution in [3.05, 3.63) is 107 Å². The Kier molecular flexibility index (Phi) is 6.51. The predicted molar refractivity (Wildman–Crippen MR) is 122 cm³/mol. The number of carbonyl (C=O) groups is 2. The molecule has 1 aliphatic heterocycles. The van der Waals surface area contributed by atoms with Crippen molar-refractivity contribution in [2.24, 2.45) is 0 Å². The summed E-state index contributed by atoms with van der Waals surface area (Å²) in [7, 11) is 0. The lowest BCUT2D eigenvalue weighted by molar-refractivity contribution is -0.138. The number of rotatable bonds is 7. The molecule has 1 heterocycles. The van der Waals surface area contributed by atoms with Crippen molar-refractivity contribution in [2.75, 3.05) is 6.61 Å². The zero-order chi connectivity index (χ0) is 22.3. The van der Waals surface area contributed by atoms with E-state index in [1.165, 1.54) is 0 Å². The van der Waals surface area contributed by atoms with E-state index >= 15 is 0 Å². The number of benzene rings is 3. The fourth-order valence-corrected chi connectivity index (χ4v) is 3.57. The van der Waals surface area contributed by atoms with Gasteiger partial charge in [-0.05, 0) is 35.7 Å². The van der Waals surface area contributed by atoms with Crippen LogP contribution in [0.3, 0.4) is 0 Å². The molecule has 1 aliphatic rings. The number of urea groups is 1. The van der Waals surface area contributed by atoms with Gasteiger partial charge in [-0.3, -0.25) is 0 Å². The van der Waals surface area contributed by atoms with Crippen LogP contribution in [0.5, 0.6) is 5.75 Å². The lowest BCUT2D eigenvalue weighted by atomic mass is 9.92. The molecule has 0 aliphatic carbocycles. The van der Waals surface area contributed by atoms with Gasteiger partial charge < -0.3 is 20.1 Å². The molecule has 0 spiro atoms. The summed E-state index contributed by atoms with van der Waals surface area (Å²) in [5.74, 6) is 0.219. The van der Waals surface area contributed by atoms with Gasteiger partial charge >= 0.3 is 12.0 Å². The first-order valence-corrected chi connectivity index (χ1v) is 10.5. The summed E-state index contributed by atoms with van der Waals surface area (Å²) < 4.78 is 11.2. The highest BCUT2D eigenvalue weighted by Crippen LogP contribution is 2.32. The van der Waals surface area contributed by atoms with E-state index in [1.54, 1.807) is 6.92 Å². The largest absolute Gasteiger partial charge is 0.489 e. The van der Waals surface area contributed by atoms with Crippen LogP contribution >= 0.6 is 0 Å². The van der Waals surface area contributed by atoms with E-state index in [0.717, 1.165) is 16.7 Å². The summed E-state index contributed by atoms with van der Waals surface area (Å²) in [6, 6.07) is 25.5. The Morgan fingerprint density at radius 2 is 1.56 bits per heavy atom. The molecule has 0 aromatic heterocycles. The van der Waals surface area contributed by atoms with Crippen LogP contribution in [-0.4, -0.2) is 18.6 Å². The molecule has 6 nitrogen and oxygen atoms in total. The fourth-order valence-electron chi connectivity index (χ4n) is 3.57. The molecule has 6 heteroatoms. The van der Waals surface area contributed by atoms with Gasteiger partial charge in [-0.2, -0.15) is 0 Å². The van der Waals surface area contributed by atoms with Crippen molar-refractivity contribution in [1.82, 2.24) is 10.6 Å². The standard InChI is InChI=1S/C26H24N2O4/c1-2-31-25(29)22-23(19-11-7-4-8-12-19)27-26(30)28-24(22)20-13-15-21(16-14-20)32-17-18-9-5-3-6-10-18/h3-16,24H,2,17H2,1H3,(H2,27,28,30)/t24-/m0/s1. The number of hydrogen-bond acceptors (Lipinski definition) is 4. The Bertz CT molecular complexity index is 1110. The second kappa shape index (κ2) is 9.83. The summed E-state index contributed by atoms with van der Waals surface area (Å²) in [5.41, 5.74) is 3.36. The molecule has 0 saturated heterocycles. The van der Waals surface area contributed by atoms with E-state index in [-0.39, 0.29) is 12.6 Å². The highest BCUT2D eigenvalue weighted by molar-refractivity contribution is 6.04. The Morgan fingerprint density at radius 3 is 2.22 bits per heavy atom. The highest BCUT2D eigenvalue weighted by atomic mass is 16.5. The van der Waals surface area contributed by atoms with Gasteiger partial charge in [-0.25, -0.2) is 9.59 Å². The van der Waals surface area contributed by atoms with Crippen molar-refractivity contribution in [3.8, 4) is 5.75 Å². The zero-order valence-electron chi connectivity index (χ0n) is 17.7. The minimum Gasteiger partial charge on any atom is -0.489 e. The van der Waals surface area contributed by atoms with Gasteiger partial charge in [0, 0.05) is 0 Å². The normalized spacial score (nSPS) is 15.5. The van der Waals surface area contributed by atoms with Gasteiger partial charge in [0.2, 0.25) is 0 Å². The molecule has 2 N–H and O–H groups in total. The summed E-state index contributed by atoms with van der Waals surface area (Å²) in [5, 5.41) is 5.63. The molecule has 0 unspecified atom stereocenters. The van der Waals surface area contributed by atoms with E-state index < -0.39 is 12.0 Å². The van der Waals surface area contributed by atoms with Crippen molar-refractivity contribution in [1.29, 1.82) is 0 Å². The fraction of sp³-hybridized carbons (Fsp3) is 0.154. The zero-order valence-corrected chi connectivity index (χ0v) is 17.7. The minimum absolute atomic E-state index is 0.233. The molecule has 32 heavy (non-hydrogen) atoms. The van der Waals surface area contributed by atoms with Crippen LogP contribution < -0.4 is 15.4 Å². The maximum absolute atomic E-state index is 12.9. The number of ether oxygens (including phenoxy) is 2. The lowest BCUT2D eigenvalue weighted by Crippen LogP contribution is -2.45. The van der Waals surface area contributed by atoms with Gasteiger partial charge in [-0.1, -0.05) is 72.8 Å². The van der Waals surface area contributed by atoms with E-state index in [0.29, 0.717) is 23.6 Å². The number of nitrogens with one attached hydrogen (secondary N) is 2. The van der Waals surface area contributed by atoms with Gasteiger partial charge in [0.1, 0.15) is 12.4 Å². The molecule has 0 bridgehead atoms. The van der Waals surface area contributed by atoms with Gasteiger partial charge in [0.05, 0.1) is 23.9 Å². The van der Waals surface area contributed by atoms with Crippen molar-refractivity contribution >= 4 is 17.7 Å². The van der Waals surface area contributed by atoms with E-state index in [1.807, 2.05) is 84.9 Å². The average molecular weight is 428 g/mol. The van der Waals surface area contributed by atoms with Crippen LogP contribution in [0.2, 0.25) is 0 Å². The Balaban J connectivity index is 1.64. The minimum atomic E-state index is -0.652. The van der Waals surface area contributed by atoms with Crippen LogP contribution in [0.25, 0.3) is 5.70 Å². The van der Waals surface area contributed by atoms with E-state index in [9.17, 15) is 9.59 Å². The monoisotopic (exact) mass is 428 g/mol. The quantitative estimate of drug-likeness (QED) is 0.540. The Labute approximate surface area is 186 Å². The Morgan fingerprint density at radius 1 is 0.906 bits per heavy atom. The Hall–Kier alpha value is -4.06.